The van der Waals surface area contributed by atoms with Gasteiger partial charge in [-0.2, -0.15) is 0 Å². The maximum atomic E-state index is 12.3. The standard InChI is InChI=1S/C21H17Cl2N3O3/c1-13(20(27)24-16-9-7-15(22)8-10-16)29-17-11-5-14(6-12-17)21(28)26-19-4-2-3-18(23)25-19/h2-13H,1H3,(H,24,27)(H,25,26,28)/t13-/m0/s1. The van der Waals surface area contributed by atoms with Crippen LogP contribution in [0, 0.1) is 0 Å². The molecule has 0 aliphatic rings. The summed E-state index contributed by atoms with van der Waals surface area (Å²) in [6.45, 7) is 1.64. The van der Waals surface area contributed by atoms with Gasteiger partial charge in [0.05, 0.1) is 0 Å². The van der Waals surface area contributed by atoms with Crippen LogP contribution in [0.1, 0.15) is 17.3 Å². The molecule has 148 valence electrons. The summed E-state index contributed by atoms with van der Waals surface area (Å²) in [5.41, 5.74) is 1.04. The lowest BCUT2D eigenvalue weighted by atomic mass is 10.2. The van der Waals surface area contributed by atoms with E-state index < -0.39 is 6.10 Å². The van der Waals surface area contributed by atoms with Crippen molar-refractivity contribution in [2.45, 2.75) is 13.0 Å². The van der Waals surface area contributed by atoms with E-state index in [0.717, 1.165) is 0 Å². The van der Waals surface area contributed by atoms with Gasteiger partial charge < -0.3 is 15.4 Å². The number of hydrogen-bond acceptors (Lipinski definition) is 4. The highest BCUT2D eigenvalue weighted by molar-refractivity contribution is 6.30. The number of nitrogens with zero attached hydrogens (tertiary/aromatic N) is 1. The Morgan fingerprint density at radius 3 is 2.28 bits per heavy atom. The molecule has 0 saturated carbocycles. The molecule has 0 unspecified atom stereocenters. The molecule has 2 aromatic carbocycles. The molecule has 29 heavy (non-hydrogen) atoms. The first kappa shape index (κ1) is 20.6. The molecule has 0 saturated heterocycles. The Morgan fingerprint density at radius 1 is 0.931 bits per heavy atom. The number of carbonyl (C=O) groups excluding carboxylic acids is 2. The number of ether oxygens (including phenoxy) is 1. The molecule has 0 spiro atoms. The van der Waals surface area contributed by atoms with Gasteiger partial charge in [0.15, 0.2) is 6.10 Å². The fraction of sp³-hybridized carbons (Fsp3) is 0.0952. The zero-order chi connectivity index (χ0) is 20.8. The number of hydrogen-bond donors (Lipinski definition) is 2. The lowest BCUT2D eigenvalue weighted by Crippen LogP contribution is -2.30. The van der Waals surface area contributed by atoms with Gasteiger partial charge in [0.25, 0.3) is 11.8 Å². The second-order valence-corrected chi connectivity index (χ2v) is 6.90. The second-order valence-electron chi connectivity index (χ2n) is 6.08. The smallest absolute Gasteiger partial charge is 0.265 e. The van der Waals surface area contributed by atoms with Gasteiger partial charge >= 0.3 is 0 Å². The molecule has 6 nitrogen and oxygen atoms in total. The molecule has 0 aliphatic heterocycles. The van der Waals surface area contributed by atoms with Crippen molar-refractivity contribution >= 4 is 46.5 Å². The third-order valence-electron chi connectivity index (χ3n) is 3.87. The quantitative estimate of drug-likeness (QED) is 0.537. The Bertz CT molecular complexity index is 1010. The Labute approximate surface area is 177 Å². The zero-order valence-electron chi connectivity index (χ0n) is 15.4. The average Bonchev–Trinajstić information content (AvgIpc) is 2.70. The molecule has 0 aliphatic carbocycles. The van der Waals surface area contributed by atoms with E-state index in [0.29, 0.717) is 27.8 Å². The molecule has 8 heteroatoms. The van der Waals surface area contributed by atoms with Crippen molar-refractivity contribution in [3.63, 3.8) is 0 Å². The number of amides is 2. The van der Waals surface area contributed by atoms with E-state index in [1.54, 1.807) is 73.7 Å². The largest absolute Gasteiger partial charge is 0.481 e. The number of anilines is 2. The summed E-state index contributed by atoms with van der Waals surface area (Å²) in [4.78, 5) is 28.6. The lowest BCUT2D eigenvalue weighted by Gasteiger charge is -2.15. The summed E-state index contributed by atoms with van der Waals surface area (Å²) in [5, 5.41) is 6.28. The van der Waals surface area contributed by atoms with Crippen molar-refractivity contribution < 1.29 is 14.3 Å². The predicted octanol–water partition coefficient (Wildman–Crippen LogP) is 5.05. The normalized spacial score (nSPS) is 11.4. The minimum atomic E-state index is -0.735. The molecular weight excluding hydrogens is 413 g/mol. The minimum absolute atomic E-state index is 0.289. The first-order valence-electron chi connectivity index (χ1n) is 8.68. The number of carbonyl (C=O) groups is 2. The number of aromatic nitrogens is 1. The predicted molar refractivity (Wildman–Crippen MR) is 114 cm³/mol. The molecule has 0 radical (unpaired) electrons. The number of pyridine rings is 1. The molecule has 0 bridgehead atoms. The van der Waals surface area contributed by atoms with Crippen LogP contribution in [0.5, 0.6) is 5.75 Å². The summed E-state index contributed by atoms with van der Waals surface area (Å²) in [5.74, 6) is 0.178. The summed E-state index contributed by atoms with van der Waals surface area (Å²) >= 11 is 11.6. The summed E-state index contributed by atoms with van der Waals surface area (Å²) < 4.78 is 5.64. The van der Waals surface area contributed by atoms with Crippen molar-refractivity contribution in [1.29, 1.82) is 0 Å². The highest BCUT2D eigenvalue weighted by Gasteiger charge is 2.15. The van der Waals surface area contributed by atoms with E-state index >= 15 is 0 Å². The fourth-order valence-electron chi connectivity index (χ4n) is 2.39. The number of benzene rings is 2. The highest BCUT2D eigenvalue weighted by atomic mass is 35.5. The molecule has 3 aromatic rings. The molecule has 1 atom stereocenters. The van der Waals surface area contributed by atoms with E-state index in [9.17, 15) is 9.59 Å². The zero-order valence-corrected chi connectivity index (χ0v) is 16.9. The van der Waals surface area contributed by atoms with Crippen LogP contribution >= 0.6 is 23.2 Å². The van der Waals surface area contributed by atoms with Crippen LogP contribution in [0.4, 0.5) is 11.5 Å². The Kier molecular flexibility index (Phi) is 6.69. The van der Waals surface area contributed by atoms with E-state index in [2.05, 4.69) is 15.6 Å². The number of rotatable bonds is 6. The number of halogens is 2. The van der Waals surface area contributed by atoms with Gasteiger partial charge in [-0.25, -0.2) is 4.98 Å². The highest BCUT2D eigenvalue weighted by Crippen LogP contribution is 2.17. The van der Waals surface area contributed by atoms with Crippen molar-refractivity contribution in [2.24, 2.45) is 0 Å². The first-order chi connectivity index (χ1) is 13.9. The Hall–Kier alpha value is -3.09. The summed E-state index contributed by atoms with van der Waals surface area (Å²) in [6.07, 6.45) is -0.735. The van der Waals surface area contributed by atoms with Crippen LogP contribution < -0.4 is 15.4 Å². The van der Waals surface area contributed by atoms with E-state index in [-0.39, 0.29) is 17.0 Å². The van der Waals surface area contributed by atoms with Crippen LogP contribution in [-0.4, -0.2) is 22.9 Å². The molecule has 1 heterocycles. The van der Waals surface area contributed by atoms with Gasteiger partial charge in [-0.1, -0.05) is 29.3 Å². The van der Waals surface area contributed by atoms with Gasteiger partial charge in [-0.3, -0.25) is 9.59 Å². The fourth-order valence-corrected chi connectivity index (χ4v) is 2.68. The maximum absolute atomic E-state index is 12.3. The lowest BCUT2D eigenvalue weighted by molar-refractivity contribution is -0.122. The summed E-state index contributed by atoms with van der Waals surface area (Å²) in [6, 6.07) is 18.2. The van der Waals surface area contributed by atoms with Crippen LogP contribution in [0.25, 0.3) is 0 Å². The maximum Gasteiger partial charge on any atom is 0.265 e. The van der Waals surface area contributed by atoms with E-state index in [4.69, 9.17) is 27.9 Å². The third kappa shape index (κ3) is 5.94. The topological polar surface area (TPSA) is 80.3 Å². The monoisotopic (exact) mass is 429 g/mol. The SMILES string of the molecule is C[C@H](Oc1ccc(C(=O)Nc2cccc(Cl)n2)cc1)C(=O)Nc1ccc(Cl)cc1. The van der Waals surface area contributed by atoms with Crippen molar-refractivity contribution in [1.82, 2.24) is 4.98 Å². The second kappa shape index (κ2) is 9.41. The van der Waals surface area contributed by atoms with Gasteiger partial charge in [-0.05, 0) is 67.6 Å². The van der Waals surface area contributed by atoms with Crippen LogP contribution in [0.3, 0.4) is 0 Å². The Balaban J connectivity index is 1.57. The van der Waals surface area contributed by atoms with Crippen LogP contribution in [0.15, 0.2) is 66.7 Å². The summed E-state index contributed by atoms with van der Waals surface area (Å²) in [7, 11) is 0. The first-order valence-corrected chi connectivity index (χ1v) is 9.43. The molecule has 3 rings (SSSR count). The van der Waals surface area contributed by atoms with Gasteiger partial charge in [0.1, 0.15) is 16.7 Å². The van der Waals surface area contributed by atoms with E-state index in [1.165, 1.54) is 0 Å². The van der Waals surface area contributed by atoms with E-state index in [1.807, 2.05) is 0 Å². The van der Waals surface area contributed by atoms with Crippen molar-refractivity contribution in [3.8, 4) is 5.75 Å². The van der Waals surface area contributed by atoms with Gasteiger partial charge in [0.2, 0.25) is 0 Å². The van der Waals surface area contributed by atoms with Crippen LogP contribution in [-0.2, 0) is 4.79 Å². The van der Waals surface area contributed by atoms with Gasteiger partial charge in [0, 0.05) is 16.3 Å². The third-order valence-corrected chi connectivity index (χ3v) is 4.33. The average molecular weight is 430 g/mol. The van der Waals surface area contributed by atoms with Crippen molar-refractivity contribution in [3.05, 3.63) is 82.5 Å². The van der Waals surface area contributed by atoms with Gasteiger partial charge in [-0.15, -0.1) is 0 Å². The molecular formula is C21H17Cl2N3O3. The molecule has 2 N–H and O–H groups in total. The molecule has 2 amide bonds. The Morgan fingerprint density at radius 2 is 1.62 bits per heavy atom. The van der Waals surface area contributed by atoms with Crippen molar-refractivity contribution in [2.75, 3.05) is 10.6 Å². The van der Waals surface area contributed by atoms with Crippen LogP contribution in [0.2, 0.25) is 10.2 Å². The number of nitrogens with one attached hydrogen (secondary N) is 2. The minimum Gasteiger partial charge on any atom is -0.481 e. The molecule has 0 fully saturated rings. The molecule has 1 aromatic heterocycles.